The molecule has 0 saturated heterocycles. The van der Waals surface area contributed by atoms with Gasteiger partial charge in [-0.25, -0.2) is 5.43 Å². The molecule has 0 aliphatic carbocycles. The molecule has 0 radical (unpaired) electrons. The van der Waals surface area contributed by atoms with E-state index in [1.165, 1.54) is 0 Å². The Balaban J connectivity index is 3.47. The average molecular weight is 159 g/mol. The van der Waals surface area contributed by atoms with Crippen LogP contribution in [0.2, 0.25) is 0 Å². The van der Waals surface area contributed by atoms with Gasteiger partial charge in [0.25, 0.3) is 0 Å². The number of hydrazine groups is 1. The van der Waals surface area contributed by atoms with E-state index in [9.17, 15) is 4.79 Å². The van der Waals surface area contributed by atoms with E-state index in [0.29, 0.717) is 6.54 Å². The molecular formula is C7H17N3O. The van der Waals surface area contributed by atoms with Crippen LogP contribution in [0.5, 0.6) is 0 Å². The van der Waals surface area contributed by atoms with E-state index >= 15 is 0 Å². The molecule has 66 valence electrons. The van der Waals surface area contributed by atoms with Gasteiger partial charge < -0.3 is 4.90 Å². The minimum Gasteiger partial charge on any atom is -0.345 e. The topological polar surface area (TPSA) is 44.4 Å². The van der Waals surface area contributed by atoms with Crippen LogP contribution in [0.25, 0.3) is 0 Å². The third-order valence-electron chi connectivity index (χ3n) is 1.40. The fraction of sp³-hybridized carbons (Fsp3) is 0.857. The van der Waals surface area contributed by atoms with E-state index in [1.54, 1.807) is 11.9 Å². The Morgan fingerprint density at radius 1 is 1.55 bits per heavy atom. The molecule has 0 bridgehead atoms. The minimum atomic E-state index is 0.112. The Bertz CT molecular complexity index is 116. The molecule has 0 aliphatic rings. The third kappa shape index (κ3) is 4.75. The van der Waals surface area contributed by atoms with E-state index in [1.807, 2.05) is 7.05 Å². The van der Waals surface area contributed by atoms with Gasteiger partial charge in [0.2, 0.25) is 5.91 Å². The minimum absolute atomic E-state index is 0.112. The summed E-state index contributed by atoms with van der Waals surface area (Å²) < 4.78 is 0. The van der Waals surface area contributed by atoms with Crippen molar-refractivity contribution in [1.29, 1.82) is 0 Å². The lowest BCUT2D eigenvalue weighted by molar-refractivity contribution is -0.129. The van der Waals surface area contributed by atoms with Crippen LogP contribution in [-0.2, 0) is 4.79 Å². The normalized spacial score (nSPS) is 9.73. The van der Waals surface area contributed by atoms with Gasteiger partial charge >= 0.3 is 0 Å². The van der Waals surface area contributed by atoms with Gasteiger partial charge in [-0.2, -0.15) is 0 Å². The van der Waals surface area contributed by atoms with Crippen molar-refractivity contribution in [2.45, 2.75) is 13.3 Å². The molecule has 0 rings (SSSR count). The lowest BCUT2D eigenvalue weighted by atomic mass is 10.4. The molecule has 0 aromatic rings. The highest BCUT2D eigenvalue weighted by Crippen LogP contribution is 1.85. The molecule has 2 N–H and O–H groups in total. The van der Waals surface area contributed by atoms with E-state index < -0.39 is 0 Å². The second-order valence-electron chi connectivity index (χ2n) is 2.42. The molecular weight excluding hydrogens is 142 g/mol. The number of carbonyl (C=O) groups excluding carboxylic acids is 1. The van der Waals surface area contributed by atoms with Crippen LogP contribution in [0.3, 0.4) is 0 Å². The molecule has 4 heteroatoms. The summed E-state index contributed by atoms with van der Waals surface area (Å²) in [5.41, 5.74) is 5.44. The Kier molecular flexibility index (Phi) is 5.78. The van der Waals surface area contributed by atoms with Crippen molar-refractivity contribution < 1.29 is 4.79 Å². The number of nitrogens with zero attached hydrogens (tertiary/aromatic N) is 1. The maximum atomic E-state index is 11.1. The second-order valence-corrected chi connectivity index (χ2v) is 2.42. The number of likely N-dealkylation sites (N-methyl/N-ethyl adjacent to an activating group) is 1. The lowest BCUT2D eigenvalue weighted by Crippen LogP contribution is -2.40. The summed E-state index contributed by atoms with van der Waals surface area (Å²) in [6.07, 6.45) is 1.00. The third-order valence-corrected chi connectivity index (χ3v) is 1.40. The summed E-state index contributed by atoms with van der Waals surface area (Å²) in [6.45, 7) is 3.23. The van der Waals surface area contributed by atoms with Crippen molar-refractivity contribution in [2.24, 2.45) is 0 Å². The second kappa shape index (κ2) is 6.12. The van der Waals surface area contributed by atoms with E-state index in [2.05, 4.69) is 17.8 Å². The molecule has 0 fully saturated rings. The Morgan fingerprint density at radius 2 is 2.18 bits per heavy atom. The van der Waals surface area contributed by atoms with Crippen molar-refractivity contribution in [2.75, 3.05) is 27.2 Å². The standard InChI is InChI=1S/C7H17N3O/c1-4-5-10(3)7(11)6-9-8-2/h8-9H,4-6H2,1-3H3. The fourth-order valence-electron chi connectivity index (χ4n) is 0.759. The summed E-state index contributed by atoms with van der Waals surface area (Å²) in [4.78, 5) is 12.8. The first-order valence-electron chi connectivity index (χ1n) is 3.86. The molecule has 0 unspecified atom stereocenters. The Labute approximate surface area is 67.9 Å². The molecule has 0 aromatic carbocycles. The van der Waals surface area contributed by atoms with Crippen molar-refractivity contribution in [3.05, 3.63) is 0 Å². The van der Waals surface area contributed by atoms with Crippen LogP contribution in [0.15, 0.2) is 0 Å². The highest BCUT2D eigenvalue weighted by Gasteiger charge is 2.04. The molecule has 0 atom stereocenters. The monoisotopic (exact) mass is 159 g/mol. The van der Waals surface area contributed by atoms with Crippen molar-refractivity contribution in [3.8, 4) is 0 Å². The van der Waals surface area contributed by atoms with Gasteiger partial charge in [-0.3, -0.25) is 10.2 Å². The predicted molar refractivity (Wildman–Crippen MR) is 45.0 cm³/mol. The molecule has 4 nitrogen and oxygen atoms in total. The van der Waals surface area contributed by atoms with Crippen molar-refractivity contribution >= 4 is 5.91 Å². The summed E-state index contributed by atoms with van der Waals surface area (Å²) in [5.74, 6) is 0.112. The van der Waals surface area contributed by atoms with Gasteiger partial charge in [0.15, 0.2) is 0 Å². The quantitative estimate of drug-likeness (QED) is 0.535. The summed E-state index contributed by atoms with van der Waals surface area (Å²) in [7, 11) is 3.55. The number of rotatable bonds is 5. The molecule has 1 amide bonds. The zero-order valence-electron chi connectivity index (χ0n) is 7.48. The van der Waals surface area contributed by atoms with E-state index in [-0.39, 0.29) is 5.91 Å². The summed E-state index contributed by atoms with van der Waals surface area (Å²) in [5, 5.41) is 0. The smallest absolute Gasteiger partial charge is 0.237 e. The highest BCUT2D eigenvalue weighted by atomic mass is 16.2. The van der Waals surface area contributed by atoms with Gasteiger partial charge in [0.1, 0.15) is 0 Å². The molecule has 0 heterocycles. The number of nitrogens with one attached hydrogen (secondary N) is 2. The van der Waals surface area contributed by atoms with Gasteiger partial charge in [0.05, 0.1) is 6.54 Å². The maximum Gasteiger partial charge on any atom is 0.237 e. The first-order chi connectivity index (χ1) is 5.22. The first-order valence-corrected chi connectivity index (χ1v) is 3.86. The maximum absolute atomic E-state index is 11.1. The predicted octanol–water partition coefficient (Wildman–Crippen LogP) is -0.421. The van der Waals surface area contributed by atoms with Crippen LogP contribution in [0.4, 0.5) is 0 Å². The number of hydrogen-bond donors (Lipinski definition) is 2. The fourth-order valence-corrected chi connectivity index (χ4v) is 0.759. The molecule has 0 spiro atoms. The van der Waals surface area contributed by atoms with E-state index in [0.717, 1.165) is 13.0 Å². The lowest BCUT2D eigenvalue weighted by Gasteiger charge is -2.15. The zero-order chi connectivity index (χ0) is 8.69. The van der Waals surface area contributed by atoms with Crippen LogP contribution in [-0.4, -0.2) is 38.0 Å². The van der Waals surface area contributed by atoms with Gasteiger partial charge in [-0.05, 0) is 13.5 Å². The first kappa shape index (κ1) is 10.4. The Hall–Kier alpha value is -0.610. The van der Waals surface area contributed by atoms with Gasteiger partial charge in [0, 0.05) is 13.6 Å². The molecule has 0 aromatic heterocycles. The zero-order valence-corrected chi connectivity index (χ0v) is 7.48. The van der Waals surface area contributed by atoms with E-state index in [4.69, 9.17) is 0 Å². The number of amides is 1. The van der Waals surface area contributed by atoms with Crippen molar-refractivity contribution in [1.82, 2.24) is 15.8 Å². The summed E-state index contributed by atoms with van der Waals surface area (Å²) >= 11 is 0. The molecule has 0 saturated carbocycles. The number of hydrogen-bond acceptors (Lipinski definition) is 3. The molecule has 11 heavy (non-hydrogen) atoms. The van der Waals surface area contributed by atoms with Gasteiger partial charge in [-0.1, -0.05) is 6.92 Å². The average Bonchev–Trinajstić information content (AvgIpc) is 2.00. The van der Waals surface area contributed by atoms with Gasteiger partial charge in [-0.15, -0.1) is 0 Å². The van der Waals surface area contributed by atoms with Crippen LogP contribution < -0.4 is 10.9 Å². The molecule has 0 aliphatic heterocycles. The largest absolute Gasteiger partial charge is 0.345 e. The Morgan fingerprint density at radius 3 is 2.64 bits per heavy atom. The highest BCUT2D eigenvalue weighted by molar-refractivity contribution is 5.77. The SMILES string of the molecule is CCCN(C)C(=O)CNNC. The summed E-state index contributed by atoms with van der Waals surface area (Å²) in [6, 6.07) is 0. The van der Waals surface area contributed by atoms with Crippen LogP contribution in [0, 0.1) is 0 Å². The number of carbonyl (C=O) groups is 1. The van der Waals surface area contributed by atoms with Crippen LogP contribution >= 0.6 is 0 Å². The van der Waals surface area contributed by atoms with Crippen LogP contribution in [0.1, 0.15) is 13.3 Å². The van der Waals surface area contributed by atoms with Crippen molar-refractivity contribution in [3.63, 3.8) is 0 Å².